The molecule has 1 unspecified atom stereocenters. The van der Waals surface area contributed by atoms with Crippen molar-refractivity contribution in [2.75, 3.05) is 25.7 Å². The van der Waals surface area contributed by atoms with Crippen molar-refractivity contribution in [3.05, 3.63) is 0 Å². The summed E-state index contributed by atoms with van der Waals surface area (Å²) in [6.45, 7) is 1.61. The maximum Gasteiger partial charge on any atom is 0.200 e. The summed E-state index contributed by atoms with van der Waals surface area (Å²) < 4.78 is 15.6. The Hall–Kier alpha value is 0.540. The van der Waals surface area contributed by atoms with E-state index in [1.54, 1.807) is 6.66 Å². The molecule has 0 bridgehead atoms. The molecule has 0 aromatic heterocycles. The third kappa shape index (κ3) is 3.53. The van der Waals surface area contributed by atoms with E-state index >= 15 is 0 Å². The van der Waals surface area contributed by atoms with Gasteiger partial charge in [-0.05, 0) is 5.75 Å². The highest BCUT2D eigenvalue weighted by Crippen LogP contribution is 2.40. The Bertz CT molecular complexity index is 104. The van der Waals surface area contributed by atoms with Crippen LogP contribution in [0.15, 0.2) is 0 Å². The molecule has 0 aliphatic carbocycles. The zero-order chi connectivity index (χ0) is 6.62. The predicted octanol–water partition coefficient (Wildman–Crippen LogP) is 1.47. The van der Waals surface area contributed by atoms with Gasteiger partial charge in [0.25, 0.3) is 0 Å². The van der Waals surface area contributed by atoms with Crippen molar-refractivity contribution >= 4 is 20.0 Å². The molecule has 50 valence electrons. The van der Waals surface area contributed by atoms with E-state index in [9.17, 15) is 4.57 Å². The van der Waals surface area contributed by atoms with Crippen molar-refractivity contribution in [2.24, 2.45) is 0 Å². The standard InChI is InChI=1S/C4H11O2PS/c1-6-7(2,5)3-4-8/h8H,3-4H2,1-2H3. The van der Waals surface area contributed by atoms with E-state index in [1.165, 1.54) is 7.11 Å². The molecule has 0 heterocycles. The van der Waals surface area contributed by atoms with Crippen molar-refractivity contribution in [3.8, 4) is 0 Å². The van der Waals surface area contributed by atoms with Gasteiger partial charge in [0.15, 0.2) is 0 Å². The number of hydrogen-bond donors (Lipinski definition) is 1. The van der Waals surface area contributed by atoms with Crippen LogP contribution >= 0.6 is 20.0 Å². The second kappa shape index (κ2) is 3.54. The van der Waals surface area contributed by atoms with Crippen LogP contribution in [-0.4, -0.2) is 25.7 Å². The number of thiol groups is 1. The molecular formula is C4H11O2PS. The Kier molecular flexibility index (Phi) is 3.78. The minimum absolute atomic E-state index is 0.562. The van der Waals surface area contributed by atoms with Crippen molar-refractivity contribution in [2.45, 2.75) is 0 Å². The molecule has 0 rings (SSSR count). The van der Waals surface area contributed by atoms with Crippen LogP contribution < -0.4 is 0 Å². The van der Waals surface area contributed by atoms with Crippen molar-refractivity contribution < 1.29 is 9.09 Å². The molecule has 0 aliphatic heterocycles. The van der Waals surface area contributed by atoms with Gasteiger partial charge in [-0.2, -0.15) is 12.6 Å². The largest absolute Gasteiger partial charge is 0.332 e. The third-order valence-electron chi connectivity index (χ3n) is 0.892. The van der Waals surface area contributed by atoms with Gasteiger partial charge < -0.3 is 4.52 Å². The highest BCUT2D eigenvalue weighted by Gasteiger charge is 2.10. The zero-order valence-corrected chi connectivity index (χ0v) is 6.91. The van der Waals surface area contributed by atoms with Crippen molar-refractivity contribution in [3.63, 3.8) is 0 Å². The van der Waals surface area contributed by atoms with E-state index < -0.39 is 7.37 Å². The number of hydrogen-bond acceptors (Lipinski definition) is 3. The van der Waals surface area contributed by atoms with Crippen LogP contribution in [0.3, 0.4) is 0 Å². The highest BCUT2D eigenvalue weighted by atomic mass is 32.1. The molecule has 0 fully saturated rings. The molecule has 0 aliphatic rings. The molecule has 0 aromatic carbocycles. The van der Waals surface area contributed by atoms with Crippen LogP contribution in [0.1, 0.15) is 0 Å². The first-order chi connectivity index (χ1) is 3.62. The summed E-state index contributed by atoms with van der Waals surface area (Å²) in [7, 11) is -0.787. The summed E-state index contributed by atoms with van der Waals surface area (Å²) in [5.74, 6) is 0.627. The normalized spacial score (nSPS) is 17.9. The smallest absolute Gasteiger partial charge is 0.200 e. The lowest BCUT2D eigenvalue weighted by Gasteiger charge is -2.06. The van der Waals surface area contributed by atoms with Crippen molar-refractivity contribution in [1.29, 1.82) is 0 Å². The van der Waals surface area contributed by atoms with E-state index in [1.807, 2.05) is 0 Å². The summed E-state index contributed by atoms with van der Waals surface area (Å²) in [5, 5.41) is 0. The van der Waals surface area contributed by atoms with Crippen LogP contribution in [0.4, 0.5) is 0 Å². The van der Waals surface area contributed by atoms with Gasteiger partial charge >= 0.3 is 0 Å². The molecule has 0 spiro atoms. The molecule has 8 heavy (non-hydrogen) atoms. The monoisotopic (exact) mass is 154 g/mol. The molecule has 0 amide bonds. The van der Waals surface area contributed by atoms with E-state index in [0.717, 1.165) is 0 Å². The Labute approximate surface area is 55.5 Å². The van der Waals surface area contributed by atoms with Gasteiger partial charge in [0.05, 0.1) is 0 Å². The lowest BCUT2D eigenvalue weighted by Crippen LogP contribution is -1.90. The minimum atomic E-state index is -2.25. The van der Waals surface area contributed by atoms with E-state index in [2.05, 4.69) is 17.2 Å². The maximum absolute atomic E-state index is 10.9. The average molecular weight is 154 g/mol. The average Bonchev–Trinajstić information content (AvgIpc) is 1.67. The molecular weight excluding hydrogens is 143 g/mol. The fourth-order valence-electron chi connectivity index (χ4n) is 0.273. The third-order valence-corrected chi connectivity index (χ3v) is 3.28. The van der Waals surface area contributed by atoms with Crippen LogP contribution in [0.5, 0.6) is 0 Å². The number of rotatable bonds is 3. The summed E-state index contributed by atoms with van der Waals surface area (Å²) >= 11 is 3.92. The Morgan fingerprint density at radius 1 is 1.75 bits per heavy atom. The molecule has 4 heteroatoms. The van der Waals surface area contributed by atoms with Crippen LogP contribution in [-0.2, 0) is 9.09 Å². The van der Waals surface area contributed by atoms with Gasteiger partial charge in [-0.15, -0.1) is 0 Å². The second-order valence-corrected chi connectivity index (χ2v) is 4.93. The Balaban J connectivity index is 3.55. The molecule has 2 nitrogen and oxygen atoms in total. The maximum atomic E-state index is 10.9. The molecule has 0 N–H and O–H groups in total. The SMILES string of the molecule is COP(C)(=O)CCS. The first-order valence-electron chi connectivity index (χ1n) is 2.35. The molecule has 0 radical (unpaired) electrons. The highest BCUT2D eigenvalue weighted by molar-refractivity contribution is 7.80. The zero-order valence-electron chi connectivity index (χ0n) is 5.13. The minimum Gasteiger partial charge on any atom is -0.332 e. The van der Waals surface area contributed by atoms with Gasteiger partial charge in [0.1, 0.15) is 0 Å². The Morgan fingerprint density at radius 2 is 2.25 bits per heavy atom. The molecule has 0 saturated heterocycles. The van der Waals surface area contributed by atoms with Crippen molar-refractivity contribution in [1.82, 2.24) is 0 Å². The quantitative estimate of drug-likeness (QED) is 0.492. The van der Waals surface area contributed by atoms with Crippen LogP contribution in [0, 0.1) is 0 Å². The van der Waals surface area contributed by atoms with E-state index in [-0.39, 0.29) is 0 Å². The van der Waals surface area contributed by atoms with Gasteiger partial charge in [0.2, 0.25) is 7.37 Å². The Morgan fingerprint density at radius 3 is 2.38 bits per heavy atom. The topological polar surface area (TPSA) is 26.3 Å². The van der Waals surface area contributed by atoms with Crippen LogP contribution in [0.25, 0.3) is 0 Å². The summed E-state index contributed by atoms with van der Waals surface area (Å²) in [6.07, 6.45) is 0.562. The molecule has 0 aromatic rings. The lowest BCUT2D eigenvalue weighted by atomic mass is 11.0. The lowest BCUT2D eigenvalue weighted by molar-refractivity contribution is 0.400. The second-order valence-electron chi connectivity index (χ2n) is 1.64. The molecule has 0 saturated carbocycles. The summed E-state index contributed by atoms with van der Waals surface area (Å²) in [5.41, 5.74) is 0. The van der Waals surface area contributed by atoms with Gasteiger partial charge in [-0.1, -0.05) is 0 Å². The van der Waals surface area contributed by atoms with Crippen LogP contribution in [0.2, 0.25) is 0 Å². The first-order valence-corrected chi connectivity index (χ1v) is 5.24. The fraction of sp³-hybridized carbons (Fsp3) is 1.00. The van der Waals surface area contributed by atoms with Gasteiger partial charge in [-0.25, -0.2) is 0 Å². The van der Waals surface area contributed by atoms with Gasteiger partial charge in [-0.3, -0.25) is 4.57 Å². The van der Waals surface area contributed by atoms with Gasteiger partial charge in [0, 0.05) is 19.9 Å². The predicted molar refractivity (Wildman–Crippen MR) is 39.3 cm³/mol. The van der Waals surface area contributed by atoms with E-state index in [0.29, 0.717) is 11.9 Å². The summed E-state index contributed by atoms with van der Waals surface area (Å²) in [6, 6.07) is 0. The summed E-state index contributed by atoms with van der Waals surface area (Å²) in [4.78, 5) is 0. The molecule has 1 atom stereocenters. The van der Waals surface area contributed by atoms with E-state index in [4.69, 9.17) is 0 Å². The first kappa shape index (κ1) is 8.54. The fourth-order valence-corrected chi connectivity index (χ4v) is 1.91.